The van der Waals surface area contributed by atoms with E-state index in [0.29, 0.717) is 6.42 Å². The molecule has 2 amide bonds. The molecule has 0 aromatic heterocycles. The van der Waals surface area contributed by atoms with Gasteiger partial charge in [-0.05, 0) is 24.6 Å². The van der Waals surface area contributed by atoms with E-state index in [0.717, 1.165) is 11.3 Å². The van der Waals surface area contributed by atoms with Crippen molar-refractivity contribution in [1.82, 2.24) is 10.6 Å². The largest absolute Gasteiger partial charge is 0.497 e. The molecule has 6 nitrogen and oxygen atoms in total. The normalized spacial score (nSPS) is 12.9. The number of amides is 2. The maximum atomic E-state index is 11.5. The van der Waals surface area contributed by atoms with E-state index in [2.05, 4.69) is 17.2 Å². The molecule has 0 saturated heterocycles. The zero-order chi connectivity index (χ0) is 16.6. The van der Waals surface area contributed by atoms with Gasteiger partial charge in [0.05, 0.1) is 12.7 Å². The van der Waals surface area contributed by atoms with Crippen LogP contribution >= 0.6 is 0 Å². The molecule has 1 aromatic rings. The third kappa shape index (κ3) is 5.97. The van der Waals surface area contributed by atoms with Gasteiger partial charge in [0, 0.05) is 19.5 Å². The fraction of sp³-hybridized carbons (Fsp3) is 0.375. The highest BCUT2D eigenvalue weighted by Crippen LogP contribution is 2.16. The number of ether oxygens (including phenoxy) is 1. The molecule has 120 valence electrons. The first-order valence-corrected chi connectivity index (χ1v) is 6.90. The van der Waals surface area contributed by atoms with Crippen LogP contribution in [0.4, 0.5) is 0 Å². The van der Waals surface area contributed by atoms with Crippen LogP contribution in [0, 0.1) is 0 Å². The lowest BCUT2D eigenvalue weighted by Crippen LogP contribution is -2.47. The van der Waals surface area contributed by atoms with Crippen LogP contribution in [-0.2, 0) is 16.0 Å². The predicted molar refractivity (Wildman–Crippen MR) is 83.5 cm³/mol. The lowest BCUT2D eigenvalue weighted by molar-refractivity contribution is -0.139. The average Bonchev–Trinajstić information content (AvgIpc) is 2.50. The molecule has 3 N–H and O–H groups in total. The van der Waals surface area contributed by atoms with Gasteiger partial charge in [-0.2, -0.15) is 0 Å². The standard InChI is InChI=1S/C16H22N2O4/c1-4-9-17-14(19)15(20)18-11-16(2,21)10-12-5-7-13(22-3)8-6-12/h4-8,21H,1,9-11H2,2-3H3,(H,17,19)(H,18,20). The molecular formula is C16H22N2O4. The van der Waals surface area contributed by atoms with Crippen LogP contribution in [0.2, 0.25) is 0 Å². The Balaban J connectivity index is 2.50. The number of aliphatic hydroxyl groups is 1. The van der Waals surface area contributed by atoms with Gasteiger partial charge in [-0.3, -0.25) is 9.59 Å². The Bertz CT molecular complexity index is 523. The molecule has 0 aliphatic carbocycles. The van der Waals surface area contributed by atoms with Crippen LogP contribution in [0.5, 0.6) is 5.75 Å². The Morgan fingerprint density at radius 3 is 2.41 bits per heavy atom. The van der Waals surface area contributed by atoms with Crippen molar-refractivity contribution in [1.29, 1.82) is 0 Å². The van der Waals surface area contributed by atoms with Crippen LogP contribution in [0.25, 0.3) is 0 Å². The van der Waals surface area contributed by atoms with Crippen LogP contribution in [0.1, 0.15) is 12.5 Å². The van der Waals surface area contributed by atoms with Crippen molar-refractivity contribution in [3.05, 3.63) is 42.5 Å². The van der Waals surface area contributed by atoms with E-state index in [4.69, 9.17) is 4.74 Å². The summed E-state index contributed by atoms with van der Waals surface area (Å²) >= 11 is 0. The van der Waals surface area contributed by atoms with Crippen molar-refractivity contribution >= 4 is 11.8 Å². The summed E-state index contributed by atoms with van der Waals surface area (Å²) in [6.45, 7) is 5.23. The van der Waals surface area contributed by atoms with Gasteiger partial charge in [-0.1, -0.05) is 18.2 Å². The van der Waals surface area contributed by atoms with E-state index in [1.165, 1.54) is 6.08 Å². The summed E-state index contributed by atoms with van der Waals surface area (Å²) in [6, 6.07) is 7.28. The number of methoxy groups -OCH3 is 1. The molecule has 1 rings (SSSR count). The summed E-state index contributed by atoms with van der Waals surface area (Å²) in [6.07, 6.45) is 1.82. The molecule has 0 aliphatic rings. The van der Waals surface area contributed by atoms with E-state index in [9.17, 15) is 14.7 Å². The second-order valence-electron chi connectivity index (χ2n) is 5.20. The quantitative estimate of drug-likeness (QED) is 0.503. The first-order chi connectivity index (χ1) is 10.4. The Morgan fingerprint density at radius 1 is 1.27 bits per heavy atom. The highest BCUT2D eigenvalue weighted by molar-refractivity contribution is 6.35. The van der Waals surface area contributed by atoms with Gasteiger partial charge in [-0.15, -0.1) is 6.58 Å². The molecule has 1 unspecified atom stereocenters. The number of hydrogen-bond donors (Lipinski definition) is 3. The third-order valence-electron chi connectivity index (χ3n) is 2.99. The number of hydrogen-bond acceptors (Lipinski definition) is 4. The SMILES string of the molecule is C=CCNC(=O)C(=O)NCC(C)(O)Cc1ccc(OC)cc1. The molecular weight excluding hydrogens is 284 g/mol. The maximum Gasteiger partial charge on any atom is 0.309 e. The van der Waals surface area contributed by atoms with Crippen molar-refractivity contribution in [2.75, 3.05) is 20.2 Å². The minimum Gasteiger partial charge on any atom is -0.497 e. The number of rotatable bonds is 7. The van der Waals surface area contributed by atoms with E-state index in [-0.39, 0.29) is 13.1 Å². The summed E-state index contributed by atoms with van der Waals surface area (Å²) in [5.74, 6) is -0.799. The van der Waals surface area contributed by atoms with Crippen LogP contribution in [0.15, 0.2) is 36.9 Å². The highest BCUT2D eigenvalue weighted by atomic mass is 16.5. The Kier molecular flexibility index (Phi) is 6.59. The molecule has 6 heteroatoms. The van der Waals surface area contributed by atoms with Gasteiger partial charge in [0.25, 0.3) is 0 Å². The van der Waals surface area contributed by atoms with Crippen molar-refractivity contribution < 1.29 is 19.4 Å². The van der Waals surface area contributed by atoms with Crippen molar-refractivity contribution in [2.24, 2.45) is 0 Å². The van der Waals surface area contributed by atoms with Crippen LogP contribution < -0.4 is 15.4 Å². The third-order valence-corrected chi connectivity index (χ3v) is 2.99. The summed E-state index contributed by atoms with van der Waals surface area (Å²) < 4.78 is 5.07. The molecule has 0 radical (unpaired) electrons. The van der Waals surface area contributed by atoms with Gasteiger partial charge in [0.15, 0.2) is 0 Å². The first-order valence-electron chi connectivity index (χ1n) is 6.90. The zero-order valence-corrected chi connectivity index (χ0v) is 12.9. The van der Waals surface area contributed by atoms with Gasteiger partial charge in [0.1, 0.15) is 5.75 Å². The van der Waals surface area contributed by atoms with Gasteiger partial charge in [0.2, 0.25) is 0 Å². The topological polar surface area (TPSA) is 87.7 Å². The molecule has 0 heterocycles. The lowest BCUT2D eigenvalue weighted by Gasteiger charge is -2.23. The predicted octanol–water partition coefficient (Wildman–Crippen LogP) is 0.407. The summed E-state index contributed by atoms with van der Waals surface area (Å²) in [5.41, 5.74) is -0.265. The second-order valence-corrected chi connectivity index (χ2v) is 5.20. The molecule has 0 aliphatic heterocycles. The van der Waals surface area contributed by atoms with Gasteiger partial charge >= 0.3 is 11.8 Å². The van der Waals surface area contributed by atoms with Gasteiger partial charge in [-0.25, -0.2) is 0 Å². The number of carbonyl (C=O) groups is 2. The second kappa shape index (κ2) is 8.19. The summed E-state index contributed by atoms with van der Waals surface area (Å²) in [7, 11) is 1.58. The molecule has 0 bridgehead atoms. The zero-order valence-electron chi connectivity index (χ0n) is 12.9. The van der Waals surface area contributed by atoms with Crippen LogP contribution in [0.3, 0.4) is 0 Å². The number of nitrogens with one attached hydrogen (secondary N) is 2. The molecule has 0 spiro atoms. The monoisotopic (exact) mass is 306 g/mol. The van der Waals surface area contributed by atoms with Crippen LogP contribution in [-0.4, -0.2) is 42.7 Å². The number of benzene rings is 1. The molecule has 0 saturated carbocycles. The average molecular weight is 306 g/mol. The Labute approximate surface area is 130 Å². The number of carbonyl (C=O) groups excluding carboxylic acids is 2. The summed E-state index contributed by atoms with van der Waals surface area (Å²) in [4.78, 5) is 22.9. The Morgan fingerprint density at radius 2 is 1.86 bits per heavy atom. The summed E-state index contributed by atoms with van der Waals surface area (Å²) in [5, 5.41) is 15.1. The minimum atomic E-state index is -1.16. The molecule has 0 fully saturated rings. The van der Waals surface area contributed by atoms with E-state index < -0.39 is 17.4 Å². The lowest BCUT2D eigenvalue weighted by atomic mass is 9.96. The molecule has 1 atom stereocenters. The van der Waals surface area contributed by atoms with Crippen molar-refractivity contribution in [3.63, 3.8) is 0 Å². The van der Waals surface area contributed by atoms with Gasteiger partial charge < -0.3 is 20.5 Å². The maximum absolute atomic E-state index is 11.5. The van der Waals surface area contributed by atoms with E-state index in [1.54, 1.807) is 26.2 Å². The highest BCUT2D eigenvalue weighted by Gasteiger charge is 2.23. The van der Waals surface area contributed by atoms with Crippen molar-refractivity contribution in [2.45, 2.75) is 18.9 Å². The van der Waals surface area contributed by atoms with Crippen molar-refractivity contribution in [3.8, 4) is 5.75 Å². The fourth-order valence-electron chi connectivity index (χ4n) is 1.84. The first kappa shape index (κ1) is 17.7. The van der Waals surface area contributed by atoms with E-state index >= 15 is 0 Å². The van der Waals surface area contributed by atoms with E-state index in [1.807, 2.05) is 12.1 Å². The molecule has 1 aromatic carbocycles. The minimum absolute atomic E-state index is 0.0284. The fourth-order valence-corrected chi connectivity index (χ4v) is 1.84. The smallest absolute Gasteiger partial charge is 0.309 e. The molecule has 22 heavy (non-hydrogen) atoms. The Hall–Kier alpha value is -2.34.